The number of nitrogens with one attached hydrogen (secondary N) is 2. The largest absolute Gasteiger partial charge is 0.376 e. The van der Waals surface area contributed by atoms with Crippen molar-refractivity contribution < 1.29 is 9.53 Å². The Morgan fingerprint density at radius 3 is 3.05 bits per heavy atom. The molecule has 2 aliphatic heterocycles. The maximum atomic E-state index is 12.3. The van der Waals surface area contributed by atoms with Crippen molar-refractivity contribution in [3.8, 4) is 10.6 Å². The zero-order valence-electron chi connectivity index (χ0n) is 12.0. The van der Waals surface area contributed by atoms with E-state index in [2.05, 4.69) is 15.6 Å². The van der Waals surface area contributed by atoms with Gasteiger partial charge < -0.3 is 15.4 Å². The molecular weight excluding hydrogens is 298 g/mol. The van der Waals surface area contributed by atoms with Gasteiger partial charge in [0, 0.05) is 18.2 Å². The minimum atomic E-state index is -0.169. The van der Waals surface area contributed by atoms with Gasteiger partial charge in [-0.25, -0.2) is 4.98 Å². The Balaban J connectivity index is 1.41. The third kappa shape index (κ3) is 2.65. The molecule has 0 unspecified atom stereocenters. The predicted molar refractivity (Wildman–Crippen MR) is 85.9 cm³/mol. The summed E-state index contributed by atoms with van der Waals surface area (Å²) in [5.41, 5.74) is 1.06. The lowest BCUT2D eigenvalue weighted by Gasteiger charge is -2.11. The van der Waals surface area contributed by atoms with Crippen LogP contribution in [0.3, 0.4) is 0 Å². The lowest BCUT2D eigenvalue weighted by molar-refractivity contribution is -0.118. The summed E-state index contributed by atoms with van der Waals surface area (Å²) in [6.45, 7) is 0.798. The second-order valence-corrected chi connectivity index (χ2v) is 6.67. The molecule has 114 valence electrons. The van der Waals surface area contributed by atoms with E-state index in [1.165, 1.54) is 11.3 Å². The molecule has 2 aromatic rings. The molecule has 22 heavy (non-hydrogen) atoms. The van der Waals surface area contributed by atoms with E-state index in [4.69, 9.17) is 4.74 Å². The van der Waals surface area contributed by atoms with Crippen LogP contribution in [0.15, 0.2) is 36.5 Å². The monoisotopic (exact) mass is 315 g/mol. The van der Waals surface area contributed by atoms with Crippen molar-refractivity contribution in [3.63, 3.8) is 0 Å². The number of ether oxygens (including phenoxy) is 1. The Kier molecular flexibility index (Phi) is 3.65. The maximum absolute atomic E-state index is 12.3. The van der Waals surface area contributed by atoms with Gasteiger partial charge in [-0.1, -0.05) is 41.7 Å². The van der Waals surface area contributed by atoms with Crippen molar-refractivity contribution in [2.45, 2.75) is 31.0 Å². The van der Waals surface area contributed by atoms with Crippen molar-refractivity contribution in [3.05, 3.63) is 36.5 Å². The van der Waals surface area contributed by atoms with E-state index in [-0.39, 0.29) is 18.1 Å². The fourth-order valence-corrected chi connectivity index (χ4v) is 3.89. The molecule has 2 saturated heterocycles. The summed E-state index contributed by atoms with van der Waals surface area (Å²) in [6.07, 6.45) is 3.66. The van der Waals surface area contributed by atoms with E-state index in [0.717, 1.165) is 35.0 Å². The van der Waals surface area contributed by atoms with E-state index in [0.29, 0.717) is 6.04 Å². The van der Waals surface area contributed by atoms with Crippen LogP contribution in [0, 0.1) is 0 Å². The summed E-state index contributed by atoms with van der Waals surface area (Å²) in [7, 11) is 0. The predicted octanol–water partition coefficient (Wildman–Crippen LogP) is 2.27. The van der Waals surface area contributed by atoms with Gasteiger partial charge in [-0.15, -0.1) is 0 Å². The molecule has 1 aromatic carbocycles. The Hall–Kier alpha value is -1.76. The molecule has 1 aromatic heterocycles. The maximum Gasteiger partial charge on any atom is 0.242 e. The Morgan fingerprint density at radius 1 is 1.36 bits per heavy atom. The molecule has 0 saturated carbocycles. The first kappa shape index (κ1) is 13.9. The first-order valence-electron chi connectivity index (χ1n) is 7.49. The lowest BCUT2D eigenvalue weighted by Crippen LogP contribution is -2.39. The number of nitrogens with zero attached hydrogens (tertiary/aromatic N) is 1. The zero-order chi connectivity index (χ0) is 14.9. The SMILES string of the molecule is O=C(Nc1cnc(-c2ccccc2)s1)[C@@H]1C[C@@H]2OCC[C@@H]2N1. The molecule has 4 rings (SSSR count). The van der Waals surface area contributed by atoms with Crippen molar-refractivity contribution in [2.75, 3.05) is 11.9 Å². The minimum absolute atomic E-state index is 0.00117. The number of aromatic nitrogens is 1. The molecule has 0 radical (unpaired) electrons. The van der Waals surface area contributed by atoms with Gasteiger partial charge in [0.25, 0.3) is 0 Å². The topological polar surface area (TPSA) is 63.2 Å². The number of fused-ring (bicyclic) bond motifs is 1. The molecule has 5 nitrogen and oxygen atoms in total. The van der Waals surface area contributed by atoms with Gasteiger partial charge in [-0.2, -0.15) is 0 Å². The molecule has 0 bridgehead atoms. The molecule has 3 atom stereocenters. The molecule has 3 heterocycles. The van der Waals surface area contributed by atoms with Crippen LogP contribution >= 0.6 is 11.3 Å². The summed E-state index contributed by atoms with van der Waals surface area (Å²) in [5.74, 6) is 0.00117. The lowest BCUT2D eigenvalue weighted by atomic mass is 10.1. The molecule has 1 amide bonds. The number of anilines is 1. The zero-order valence-corrected chi connectivity index (χ0v) is 12.8. The van der Waals surface area contributed by atoms with E-state index >= 15 is 0 Å². The fourth-order valence-electron chi connectivity index (χ4n) is 3.07. The van der Waals surface area contributed by atoms with Gasteiger partial charge >= 0.3 is 0 Å². The first-order valence-corrected chi connectivity index (χ1v) is 8.31. The average Bonchev–Trinajstić information content (AvgIpc) is 3.23. The van der Waals surface area contributed by atoms with Crippen LogP contribution in [0.25, 0.3) is 10.6 Å². The summed E-state index contributed by atoms with van der Waals surface area (Å²) in [6, 6.07) is 10.1. The number of benzene rings is 1. The molecule has 2 N–H and O–H groups in total. The smallest absolute Gasteiger partial charge is 0.242 e. The van der Waals surface area contributed by atoms with Crippen LogP contribution in [0.4, 0.5) is 5.00 Å². The second kappa shape index (κ2) is 5.79. The van der Waals surface area contributed by atoms with Crippen LogP contribution in [0.2, 0.25) is 0 Å². The normalized spacial score (nSPS) is 26.8. The molecule has 6 heteroatoms. The summed E-state index contributed by atoms with van der Waals surface area (Å²) in [4.78, 5) is 16.7. The second-order valence-electron chi connectivity index (χ2n) is 5.64. The Morgan fingerprint density at radius 2 is 2.23 bits per heavy atom. The van der Waals surface area contributed by atoms with Gasteiger partial charge in [0.2, 0.25) is 5.91 Å². The quantitative estimate of drug-likeness (QED) is 0.912. The number of hydrogen-bond acceptors (Lipinski definition) is 5. The van der Waals surface area contributed by atoms with Crippen LogP contribution in [-0.4, -0.2) is 35.7 Å². The van der Waals surface area contributed by atoms with Crippen molar-refractivity contribution in [2.24, 2.45) is 0 Å². The van der Waals surface area contributed by atoms with Gasteiger partial charge in [0.15, 0.2) is 0 Å². The standard InChI is InChI=1S/C16H17N3O2S/c20-15(12-8-13-11(18-12)6-7-21-13)19-14-9-17-16(22-14)10-4-2-1-3-5-10/h1-5,9,11-13,18H,6-8H2,(H,19,20)/t11-,12-,13-/m0/s1. The van der Waals surface area contributed by atoms with E-state index in [9.17, 15) is 4.79 Å². The minimum Gasteiger partial charge on any atom is -0.376 e. The van der Waals surface area contributed by atoms with Crippen molar-refractivity contribution in [1.29, 1.82) is 0 Å². The third-order valence-corrected chi connectivity index (χ3v) is 5.14. The number of rotatable bonds is 3. The molecule has 2 fully saturated rings. The fraction of sp³-hybridized carbons (Fsp3) is 0.375. The number of thiazole rings is 1. The number of hydrogen-bond donors (Lipinski definition) is 2. The highest BCUT2D eigenvalue weighted by Crippen LogP contribution is 2.29. The molecule has 2 aliphatic rings. The summed E-state index contributed by atoms with van der Waals surface area (Å²) >= 11 is 1.49. The van der Waals surface area contributed by atoms with E-state index < -0.39 is 0 Å². The highest BCUT2D eigenvalue weighted by molar-refractivity contribution is 7.19. The van der Waals surface area contributed by atoms with Gasteiger partial charge in [0.1, 0.15) is 10.0 Å². The number of carbonyl (C=O) groups is 1. The molecular formula is C16H17N3O2S. The number of carbonyl (C=O) groups excluding carboxylic acids is 1. The third-order valence-electron chi connectivity index (χ3n) is 4.18. The Bertz CT molecular complexity index is 661. The summed E-state index contributed by atoms with van der Waals surface area (Å²) < 4.78 is 5.62. The van der Waals surface area contributed by atoms with Crippen LogP contribution in [-0.2, 0) is 9.53 Å². The van der Waals surface area contributed by atoms with Crippen LogP contribution in [0.1, 0.15) is 12.8 Å². The van der Waals surface area contributed by atoms with Gasteiger partial charge in [-0.05, 0) is 12.8 Å². The van der Waals surface area contributed by atoms with Gasteiger partial charge in [-0.3, -0.25) is 4.79 Å². The van der Waals surface area contributed by atoms with Crippen molar-refractivity contribution in [1.82, 2.24) is 10.3 Å². The number of amides is 1. The first-order chi connectivity index (χ1) is 10.8. The average molecular weight is 315 g/mol. The van der Waals surface area contributed by atoms with Gasteiger partial charge in [0.05, 0.1) is 18.3 Å². The summed E-state index contributed by atoms with van der Waals surface area (Å²) in [5, 5.41) is 8.01. The Labute approximate surface area is 132 Å². The highest BCUT2D eigenvalue weighted by Gasteiger charge is 2.40. The van der Waals surface area contributed by atoms with Crippen LogP contribution in [0.5, 0.6) is 0 Å². The highest BCUT2D eigenvalue weighted by atomic mass is 32.1. The van der Waals surface area contributed by atoms with Crippen molar-refractivity contribution >= 4 is 22.2 Å². The van der Waals surface area contributed by atoms with E-state index in [1.54, 1.807) is 6.20 Å². The van der Waals surface area contributed by atoms with Crippen LogP contribution < -0.4 is 10.6 Å². The van der Waals surface area contributed by atoms with E-state index in [1.807, 2.05) is 30.3 Å². The molecule has 0 aliphatic carbocycles. The molecule has 0 spiro atoms.